The van der Waals surface area contributed by atoms with Crippen molar-refractivity contribution in [2.24, 2.45) is 11.7 Å². The number of hydrogen-bond acceptors (Lipinski definition) is 3. The minimum absolute atomic E-state index is 0. The molecule has 0 spiro atoms. The van der Waals surface area contributed by atoms with Gasteiger partial charge in [0.25, 0.3) is 0 Å². The molecule has 2 rings (SSSR count). The average molecular weight is 325 g/mol. The van der Waals surface area contributed by atoms with Gasteiger partial charge in [0.2, 0.25) is 5.91 Å². The molecule has 21 heavy (non-hydrogen) atoms. The Bertz CT molecular complexity index is 497. The predicted octanol–water partition coefficient (Wildman–Crippen LogP) is 2.19. The van der Waals surface area contributed by atoms with E-state index in [-0.39, 0.29) is 35.9 Å². The Kier molecular flexibility index (Phi) is 5.86. The van der Waals surface area contributed by atoms with Crippen LogP contribution in [-0.4, -0.2) is 25.4 Å². The maximum atomic E-state index is 12.3. The van der Waals surface area contributed by atoms with Gasteiger partial charge in [0.15, 0.2) is 0 Å². The second-order valence-corrected chi connectivity index (χ2v) is 4.61. The van der Waals surface area contributed by atoms with Crippen molar-refractivity contribution in [2.45, 2.75) is 18.7 Å². The number of carbonyl (C=O) groups excluding carboxylic acids is 1. The number of amides is 1. The molecule has 1 saturated carbocycles. The fourth-order valence-corrected chi connectivity index (χ4v) is 2.16. The van der Waals surface area contributed by atoms with Crippen LogP contribution in [0.4, 0.5) is 13.2 Å². The molecule has 1 fully saturated rings. The summed E-state index contributed by atoms with van der Waals surface area (Å²) in [6, 6.07) is 5.92. The number of para-hydroxylation sites is 1. The van der Waals surface area contributed by atoms with E-state index in [1.54, 1.807) is 12.1 Å². The average Bonchev–Trinajstić information content (AvgIpc) is 3.15. The monoisotopic (exact) mass is 324 g/mol. The number of alkyl halides is 3. The molecule has 2 unspecified atom stereocenters. The van der Waals surface area contributed by atoms with E-state index in [0.29, 0.717) is 25.1 Å². The number of benzene rings is 1. The van der Waals surface area contributed by atoms with Crippen molar-refractivity contribution < 1.29 is 22.7 Å². The van der Waals surface area contributed by atoms with Gasteiger partial charge in [-0.25, -0.2) is 0 Å². The van der Waals surface area contributed by atoms with Gasteiger partial charge in [-0.1, -0.05) is 18.2 Å². The highest BCUT2D eigenvalue weighted by molar-refractivity contribution is 5.85. The number of rotatable bonds is 5. The largest absolute Gasteiger partial charge is 0.573 e. The van der Waals surface area contributed by atoms with E-state index in [0.717, 1.165) is 0 Å². The summed E-state index contributed by atoms with van der Waals surface area (Å²) in [6.45, 7) is 0.694. The van der Waals surface area contributed by atoms with Crippen molar-refractivity contribution in [3.8, 4) is 5.75 Å². The van der Waals surface area contributed by atoms with E-state index < -0.39 is 6.36 Å². The SMILES string of the molecule is Cl.NCCNC(=O)C1CC1c1ccccc1OC(F)(F)F. The summed E-state index contributed by atoms with van der Waals surface area (Å²) in [7, 11) is 0. The van der Waals surface area contributed by atoms with Crippen LogP contribution in [0.3, 0.4) is 0 Å². The molecule has 1 aromatic rings. The second-order valence-electron chi connectivity index (χ2n) is 4.61. The number of nitrogens with two attached hydrogens (primary N) is 1. The maximum absolute atomic E-state index is 12.3. The fourth-order valence-electron chi connectivity index (χ4n) is 2.16. The van der Waals surface area contributed by atoms with Crippen LogP contribution < -0.4 is 15.8 Å². The predicted molar refractivity (Wildman–Crippen MR) is 73.3 cm³/mol. The lowest BCUT2D eigenvalue weighted by Crippen LogP contribution is -2.30. The lowest BCUT2D eigenvalue weighted by Gasteiger charge is -2.13. The zero-order valence-electron chi connectivity index (χ0n) is 11.0. The van der Waals surface area contributed by atoms with Crippen LogP contribution in [0.15, 0.2) is 24.3 Å². The quantitative estimate of drug-likeness (QED) is 0.872. The molecule has 0 saturated heterocycles. The highest BCUT2D eigenvalue weighted by Crippen LogP contribution is 2.50. The Morgan fingerprint density at radius 2 is 2.05 bits per heavy atom. The first-order valence-electron chi connectivity index (χ1n) is 6.25. The molecule has 1 aliphatic rings. The molecule has 1 aliphatic carbocycles. The molecular formula is C13H16ClF3N2O2. The summed E-state index contributed by atoms with van der Waals surface area (Å²) >= 11 is 0. The second kappa shape index (κ2) is 7.00. The summed E-state index contributed by atoms with van der Waals surface area (Å²) in [5, 5.41) is 2.63. The van der Waals surface area contributed by atoms with Gasteiger partial charge in [0.1, 0.15) is 5.75 Å². The van der Waals surface area contributed by atoms with Gasteiger partial charge in [-0.05, 0) is 24.0 Å². The Morgan fingerprint density at radius 3 is 2.67 bits per heavy atom. The van der Waals surface area contributed by atoms with Crippen LogP contribution in [0.5, 0.6) is 5.75 Å². The van der Waals surface area contributed by atoms with Crippen LogP contribution in [0.25, 0.3) is 0 Å². The maximum Gasteiger partial charge on any atom is 0.573 e. The molecule has 0 aliphatic heterocycles. The Balaban J connectivity index is 0.00000220. The molecule has 3 N–H and O–H groups in total. The molecule has 0 bridgehead atoms. The molecule has 1 aromatic carbocycles. The molecule has 2 atom stereocenters. The van der Waals surface area contributed by atoms with Gasteiger partial charge >= 0.3 is 6.36 Å². The standard InChI is InChI=1S/C13H15F3N2O2.ClH/c14-13(15,16)20-11-4-2-1-3-8(11)9-7-10(9)12(19)18-6-5-17;/h1-4,9-10H,5-7,17H2,(H,18,19);1H. The van der Waals surface area contributed by atoms with Crippen LogP contribution in [0.1, 0.15) is 17.9 Å². The summed E-state index contributed by atoms with van der Waals surface area (Å²) in [5.74, 6) is -0.952. The smallest absolute Gasteiger partial charge is 0.405 e. The minimum Gasteiger partial charge on any atom is -0.405 e. The van der Waals surface area contributed by atoms with E-state index >= 15 is 0 Å². The number of ether oxygens (including phenoxy) is 1. The Hall–Kier alpha value is -1.47. The van der Waals surface area contributed by atoms with E-state index in [1.165, 1.54) is 12.1 Å². The van der Waals surface area contributed by atoms with Crippen molar-refractivity contribution in [2.75, 3.05) is 13.1 Å². The van der Waals surface area contributed by atoms with Crippen LogP contribution >= 0.6 is 12.4 Å². The zero-order valence-corrected chi connectivity index (χ0v) is 11.8. The fraction of sp³-hybridized carbons (Fsp3) is 0.462. The normalized spacial score (nSPS) is 20.4. The number of carbonyl (C=O) groups is 1. The van der Waals surface area contributed by atoms with Gasteiger partial charge in [0, 0.05) is 19.0 Å². The first-order valence-corrected chi connectivity index (χ1v) is 6.25. The van der Waals surface area contributed by atoms with E-state index in [1.807, 2.05) is 0 Å². The third-order valence-electron chi connectivity index (χ3n) is 3.11. The van der Waals surface area contributed by atoms with E-state index in [4.69, 9.17) is 5.73 Å². The van der Waals surface area contributed by atoms with Gasteiger partial charge in [-0.2, -0.15) is 0 Å². The first-order chi connectivity index (χ1) is 9.42. The number of halogens is 4. The van der Waals surface area contributed by atoms with Crippen LogP contribution in [0, 0.1) is 5.92 Å². The van der Waals surface area contributed by atoms with Gasteiger partial charge < -0.3 is 15.8 Å². The third kappa shape index (κ3) is 4.78. The van der Waals surface area contributed by atoms with Gasteiger partial charge in [-0.15, -0.1) is 25.6 Å². The lowest BCUT2D eigenvalue weighted by molar-refractivity contribution is -0.274. The van der Waals surface area contributed by atoms with Crippen molar-refractivity contribution in [3.05, 3.63) is 29.8 Å². The van der Waals surface area contributed by atoms with Crippen molar-refractivity contribution in [3.63, 3.8) is 0 Å². The molecule has 4 nitrogen and oxygen atoms in total. The first kappa shape index (κ1) is 17.6. The number of nitrogens with one attached hydrogen (secondary N) is 1. The summed E-state index contributed by atoms with van der Waals surface area (Å²) in [5.41, 5.74) is 5.69. The summed E-state index contributed by atoms with van der Waals surface area (Å²) in [6.07, 6.45) is -4.21. The highest BCUT2D eigenvalue weighted by atomic mass is 35.5. The Morgan fingerprint density at radius 1 is 1.38 bits per heavy atom. The van der Waals surface area contributed by atoms with Crippen molar-refractivity contribution >= 4 is 18.3 Å². The van der Waals surface area contributed by atoms with E-state index in [9.17, 15) is 18.0 Å². The van der Waals surface area contributed by atoms with Gasteiger partial charge in [0.05, 0.1) is 0 Å². The lowest BCUT2D eigenvalue weighted by atomic mass is 10.1. The summed E-state index contributed by atoms with van der Waals surface area (Å²) < 4.78 is 40.9. The molecule has 0 radical (unpaired) electrons. The summed E-state index contributed by atoms with van der Waals surface area (Å²) in [4.78, 5) is 11.7. The third-order valence-corrected chi connectivity index (χ3v) is 3.11. The zero-order chi connectivity index (χ0) is 14.8. The topological polar surface area (TPSA) is 64.3 Å². The van der Waals surface area contributed by atoms with Gasteiger partial charge in [-0.3, -0.25) is 4.79 Å². The van der Waals surface area contributed by atoms with Crippen molar-refractivity contribution in [1.29, 1.82) is 0 Å². The highest BCUT2D eigenvalue weighted by Gasteiger charge is 2.46. The molecule has 8 heteroatoms. The molecular weight excluding hydrogens is 309 g/mol. The van der Waals surface area contributed by atoms with E-state index in [2.05, 4.69) is 10.1 Å². The minimum atomic E-state index is -4.73. The molecule has 1 amide bonds. The van der Waals surface area contributed by atoms with Crippen LogP contribution in [0.2, 0.25) is 0 Å². The molecule has 0 heterocycles. The molecule has 118 valence electrons. The number of hydrogen-bond donors (Lipinski definition) is 2. The molecule has 0 aromatic heterocycles. The van der Waals surface area contributed by atoms with Crippen molar-refractivity contribution in [1.82, 2.24) is 5.32 Å². The Labute approximate surface area is 126 Å². The van der Waals surface area contributed by atoms with Crippen LogP contribution in [-0.2, 0) is 4.79 Å².